The molecule has 2 rings (SSSR count). The monoisotopic (exact) mass is 416 g/mol. The number of carbonyl (C=O) groups excluding carboxylic acids is 1. The van der Waals surface area contributed by atoms with Crippen LogP contribution in [-0.2, 0) is 11.3 Å². The Morgan fingerprint density at radius 3 is 2.62 bits per heavy atom. The van der Waals surface area contributed by atoms with Crippen LogP contribution in [0, 0.1) is 5.92 Å². The molecule has 6 heteroatoms. The molecule has 24 heavy (non-hydrogen) atoms. The summed E-state index contributed by atoms with van der Waals surface area (Å²) in [4.78, 5) is 14.2. The van der Waals surface area contributed by atoms with Gasteiger partial charge in [0.25, 0.3) is 0 Å². The number of likely N-dealkylation sites (tertiary alicyclic amines) is 1. The van der Waals surface area contributed by atoms with Gasteiger partial charge >= 0.3 is 6.09 Å². The number of hydrogen-bond donors (Lipinski definition) is 1. The van der Waals surface area contributed by atoms with Crippen LogP contribution in [0.15, 0.2) is 22.7 Å². The molecule has 0 spiro atoms. The highest BCUT2D eigenvalue weighted by atomic mass is 79.9. The Labute approximate surface area is 158 Å². The van der Waals surface area contributed by atoms with E-state index in [0.29, 0.717) is 12.5 Å². The van der Waals surface area contributed by atoms with Gasteiger partial charge in [0.1, 0.15) is 5.60 Å². The average Bonchev–Trinajstić information content (AvgIpc) is 2.48. The van der Waals surface area contributed by atoms with E-state index in [1.807, 2.05) is 32.9 Å². The zero-order valence-electron chi connectivity index (χ0n) is 14.6. The third kappa shape index (κ3) is 6.61. The number of ether oxygens (including phenoxy) is 1. The molecule has 0 radical (unpaired) electrons. The normalized spacial score (nSPS) is 16.9. The number of amides is 1. The molecule has 1 N–H and O–H groups in total. The Balaban J connectivity index is 1.72. The number of hydrogen-bond acceptors (Lipinski definition) is 3. The van der Waals surface area contributed by atoms with E-state index in [-0.39, 0.29) is 6.09 Å². The van der Waals surface area contributed by atoms with Gasteiger partial charge in [-0.3, -0.25) is 4.90 Å². The summed E-state index contributed by atoms with van der Waals surface area (Å²) >= 11 is 9.57. The molecule has 0 unspecified atom stereocenters. The minimum atomic E-state index is -0.445. The Bertz CT molecular complexity index is 567. The van der Waals surface area contributed by atoms with E-state index in [0.717, 1.165) is 42.0 Å². The van der Waals surface area contributed by atoms with E-state index in [2.05, 4.69) is 32.2 Å². The van der Waals surface area contributed by atoms with Gasteiger partial charge in [0.2, 0.25) is 0 Å². The molecular formula is C18H26BrClN2O2. The van der Waals surface area contributed by atoms with E-state index in [4.69, 9.17) is 16.3 Å². The quantitative estimate of drug-likeness (QED) is 0.762. The molecule has 1 saturated heterocycles. The van der Waals surface area contributed by atoms with Gasteiger partial charge in [-0.2, -0.15) is 0 Å². The second-order valence-corrected chi connectivity index (χ2v) is 8.63. The molecule has 4 nitrogen and oxygen atoms in total. The fourth-order valence-electron chi connectivity index (χ4n) is 2.78. The molecule has 1 heterocycles. The van der Waals surface area contributed by atoms with Crippen LogP contribution in [-0.4, -0.2) is 36.2 Å². The first-order valence-corrected chi connectivity index (χ1v) is 9.53. The molecular weight excluding hydrogens is 392 g/mol. The summed E-state index contributed by atoms with van der Waals surface area (Å²) in [5.41, 5.74) is 0.809. The summed E-state index contributed by atoms with van der Waals surface area (Å²) in [5.74, 6) is 0.516. The molecule has 1 aliphatic heterocycles. The number of rotatable bonds is 4. The van der Waals surface area contributed by atoms with Gasteiger partial charge in [-0.25, -0.2) is 4.79 Å². The Morgan fingerprint density at radius 2 is 2.04 bits per heavy atom. The zero-order chi connectivity index (χ0) is 17.7. The zero-order valence-corrected chi connectivity index (χ0v) is 16.9. The van der Waals surface area contributed by atoms with Gasteiger partial charge in [0, 0.05) is 22.6 Å². The largest absolute Gasteiger partial charge is 0.444 e. The van der Waals surface area contributed by atoms with E-state index in [1.54, 1.807) is 0 Å². The summed E-state index contributed by atoms with van der Waals surface area (Å²) in [5, 5.41) is 3.63. The Kier molecular flexibility index (Phi) is 6.96. The number of piperidine rings is 1. The van der Waals surface area contributed by atoms with Crippen molar-refractivity contribution in [1.29, 1.82) is 0 Å². The second kappa shape index (κ2) is 8.54. The van der Waals surface area contributed by atoms with Gasteiger partial charge in [-0.15, -0.1) is 0 Å². The van der Waals surface area contributed by atoms with E-state index >= 15 is 0 Å². The van der Waals surface area contributed by atoms with Crippen molar-refractivity contribution >= 4 is 33.6 Å². The van der Waals surface area contributed by atoms with Crippen LogP contribution in [0.3, 0.4) is 0 Å². The van der Waals surface area contributed by atoms with Crippen LogP contribution in [0.25, 0.3) is 0 Å². The molecule has 1 fully saturated rings. The lowest BCUT2D eigenvalue weighted by molar-refractivity contribution is 0.0509. The van der Waals surface area contributed by atoms with E-state index in [1.165, 1.54) is 5.56 Å². The van der Waals surface area contributed by atoms with Crippen molar-refractivity contribution in [2.24, 2.45) is 5.92 Å². The van der Waals surface area contributed by atoms with Crippen LogP contribution < -0.4 is 5.32 Å². The van der Waals surface area contributed by atoms with Crippen LogP contribution in [0.4, 0.5) is 4.79 Å². The van der Waals surface area contributed by atoms with Crippen molar-refractivity contribution in [2.75, 3.05) is 19.6 Å². The van der Waals surface area contributed by atoms with E-state index < -0.39 is 5.60 Å². The molecule has 0 aromatic heterocycles. The first-order chi connectivity index (χ1) is 11.2. The van der Waals surface area contributed by atoms with Crippen molar-refractivity contribution in [3.8, 4) is 0 Å². The molecule has 1 aromatic rings. The number of nitrogens with one attached hydrogen (secondary N) is 1. The minimum Gasteiger partial charge on any atom is -0.444 e. The molecule has 1 amide bonds. The van der Waals surface area contributed by atoms with Crippen molar-refractivity contribution in [2.45, 2.75) is 45.8 Å². The summed E-state index contributed by atoms with van der Waals surface area (Å²) in [6.45, 7) is 9.31. The predicted molar refractivity (Wildman–Crippen MR) is 101 cm³/mol. The number of carbonyl (C=O) groups is 1. The summed E-state index contributed by atoms with van der Waals surface area (Å²) in [6, 6.07) is 5.94. The molecule has 134 valence electrons. The number of halogens is 2. The molecule has 1 aromatic carbocycles. The lowest BCUT2D eigenvalue weighted by Crippen LogP contribution is -2.40. The highest BCUT2D eigenvalue weighted by molar-refractivity contribution is 9.10. The molecule has 0 aliphatic carbocycles. The maximum atomic E-state index is 11.7. The van der Waals surface area contributed by atoms with Crippen molar-refractivity contribution < 1.29 is 9.53 Å². The van der Waals surface area contributed by atoms with Crippen LogP contribution in [0.2, 0.25) is 5.02 Å². The highest BCUT2D eigenvalue weighted by Gasteiger charge is 2.22. The van der Waals surface area contributed by atoms with Gasteiger partial charge < -0.3 is 10.1 Å². The fraction of sp³-hybridized carbons (Fsp3) is 0.611. The molecule has 0 bridgehead atoms. The average molecular weight is 418 g/mol. The Morgan fingerprint density at radius 1 is 1.38 bits per heavy atom. The molecule has 0 atom stereocenters. The number of alkyl carbamates (subject to hydrolysis) is 1. The van der Waals surface area contributed by atoms with Gasteiger partial charge in [-0.1, -0.05) is 33.6 Å². The highest BCUT2D eigenvalue weighted by Crippen LogP contribution is 2.25. The maximum absolute atomic E-state index is 11.7. The van der Waals surface area contributed by atoms with Gasteiger partial charge in [0.05, 0.1) is 0 Å². The molecule has 1 aliphatic rings. The van der Waals surface area contributed by atoms with Crippen LogP contribution in [0.1, 0.15) is 39.2 Å². The van der Waals surface area contributed by atoms with Gasteiger partial charge in [-0.05, 0) is 70.3 Å². The first kappa shape index (κ1) is 19.5. The standard InChI is InChI=1S/C18H26BrClN2O2/c1-18(2,3)24-17(23)21-11-13-6-8-22(9-7-13)12-14-4-5-15(20)10-16(14)19/h4-5,10,13H,6-9,11-12H2,1-3H3,(H,21,23). The van der Waals surface area contributed by atoms with E-state index in [9.17, 15) is 4.79 Å². The molecule has 0 saturated carbocycles. The predicted octanol–water partition coefficient (Wildman–Crippen LogP) is 4.84. The van der Waals surface area contributed by atoms with Crippen LogP contribution >= 0.6 is 27.5 Å². The topological polar surface area (TPSA) is 41.6 Å². The van der Waals surface area contributed by atoms with Gasteiger partial charge in [0.15, 0.2) is 0 Å². The second-order valence-electron chi connectivity index (χ2n) is 7.34. The summed E-state index contributed by atoms with van der Waals surface area (Å²) in [6.07, 6.45) is 1.84. The minimum absolute atomic E-state index is 0.324. The van der Waals surface area contributed by atoms with Crippen molar-refractivity contribution in [1.82, 2.24) is 10.2 Å². The SMILES string of the molecule is CC(C)(C)OC(=O)NCC1CCN(Cc2ccc(Cl)cc2Br)CC1. The lowest BCUT2D eigenvalue weighted by Gasteiger charge is -2.32. The Hall–Kier alpha value is -0.780. The van der Waals surface area contributed by atoms with Crippen LogP contribution in [0.5, 0.6) is 0 Å². The van der Waals surface area contributed by atoms with Crippen molar-refractivity contribution in [3.63, 3.8) is 0 Å². The fourth-order valence-corrected chi connectivity index (χ4v) is 3.59. The summed E-state index contributed by atoms with van der Waals surface area (Å²) < 4.78 is 6.33. The smallest absolute Gasteiger partial charge is 0.407 e. The maximum Gasteiger partial charge on any atom is 0.407 e. The van der Waals surface area contributed by atoms with Crippen molar-refractivity contribution in [3.05, 3.63) is 33.3 Å². The first-order valence-electron chi connectivity index (χ1n) is 8.36. The third-order valence-electron chi connectivity index (χ3n) is 4.05. The summed E-state index contributed by atoms with van der Waals surface area (Å²) in [7, 11) is 0. The third-order valence-corrected chi connectivity index (χ3v) is 5.02. The number of benzene rings is 1. The number of nitrogens with zero attached hydrogens (tertiary/aromatic N) is 1. The lowest BCUT2D eigenvalue weighted by atomic mass is 9.96.